The van der Waals surface area contributed by atoms with Gasteiger partial charge in [0.1, 0.15) is 6.04 Å². The molecule has 40 heavy (non-hydrogen) atoms. The second-order valence-electron chi connectivity index (χ2n) is 11.4. The number of rotatable bonds is 16. The summed E-state index contributed by atoms with van der Waals surface area (Å²) >= 11 is 0. The largest absolute Gasteiger partial charge is 0.480 e. The lowest BCUT2D eigenvalue weighted by Gasteiger charge is -2.34. The molecule has 7 nitrogen and oxygen atoms in total. The second-order valence-corrected chi connectivity index (χ2v) is 11.4. The van der Waals surface area contributed by atoms with E-state index in [1.807, 2.05) is 43.3 Å². The smallest absolute Gasteiger partial charge is 0.326 e. The molecule has 0 saturated heterocycles. The summed E-state index contributed by atoms with van der Waals surface area (Å²) in [6, 6.07) is 13.1. The van der Waals surface area contributed by atoms with Crippen LogP contribution < -0.4 is 10.6 Å². The lowest BCUT2D eigenvalue weighted by molar-refractivity contribution is -0.139. The molecule has 2 aromatic carbocycles. The molecule has 0 spiro atoms. The van der Waals surface area contributed by atoms with Crippen LogP contribution in [0.4, 0.5) is 0 Å². The van der Waals surface area contributed by atoms with Crippen LogP contribution in [0.15, 0.2) is 42.5 Å². The second kappa shape index (κ2) is 16.5. The summed E-state index contributed by atoms with van der Waals surface area (Å²) in [5, 5.41) is 20.2. The molecular weight excluding hydrogens is 500 g/mol. The number of carbonyl (C=O) groups is 2. The molecular formula is C33H50N4O3. The average Bonchev–Trinajstić information content (AvgIpc) is 2.96. The zero-order valence-electron chi connectivity index (χ0n) is 25.0. The first-order chi connectivity index (χ1) is 19.3. The number of nitrogens with zero attached hydrogens (tertiary/aromatic N) is 2. The molecule has 1 atom stereocenters. The van der Waals surface area contributed by atoms with Crippen LogP contribution in [-0.2, 0) is 11.3 Å². The predicted octanol–water partition coefficient (Wildman–Crippen LogP) is 5.87. The van der Waals surface area contributed by atoms with Crippen LogP contribution in [0.5, 0.6) is 0 Å². The first-order valence-corrected chi connectivity index (χ1v) is 15.2. The van der Waals surface area contributed by atoms with E-state index in [2.05, 4.69) is 40.7 Å². The Kier molecular flexibility index (Phi) is 13.1. The minimum absolute atomic E-state index is 0.315. The summed E-state index contributed by atoms with van der Waals surface area (Å²) in [5.74, 6) is -0.571. The fourth-order valence-electron chi connectivity index (χ4n) is 5.68. The van der Waals surface area contributed by atoms with Gasteiger partial charge in [-0.05, 0) is 80.1 Å². The highest BCUT2D eigenvalue weighted by Gasteiger charge is 2.23. The molecule has 3 N–H and O–H groups in total. The van der Waals surface area contributed by atoms with Crippen molar-refractivity contribution in [2.45, 2.75) is 84.2 Å². The molecule has 220 valence electrons. The molecule has 0 heterocycles. The molecule has 1 saturated carbocycles. The molecule has 1 aliphatic carbocycles. The van der Waals surface area contributed by atoms with E-state index in [9.17, 15) is 14.7 Å². The summed E-state index contributed by atoms with van der Waals surface area (Å²) < 4.78 is 0. The first-order valence-electron chi connectivity index (χ1n) is 15.2. The van der Waals surface area contributed by atoms with E-state index in [0.29, 0.717) is 18.5 Å². The van der Waals surface area contributed by atoms with Crippen molar-refractivity contribution in [1.29, 1.82) is 0 Å². The maximum Gasteiger partial charge on any atom is 0.326 e. The molecule has 1 aliphatic rings. The number of aryl methyl sites for hydroxylation is 1. The number of hydrogen-bond acceptors (Lipinski definition) is 5. The van der Waals surface area contributed by atoms with E-state index in [1.165, 1.54) is 38.5 Å². The van der Waals surface area contributed by atoms with Gasteiger partial charge in [0.2, 0.25) is 0 Å². The van der Waals surface area contributed by atoms with Crippen molar-refractivity contribution in [2.24, 2.45) is 5.92 Å². The van der Waals surface area contributed by atoms with E-state index in [4.69, 9.17) is 0 Å². The van der Waals surface area contributed by atoms with Gasteiger partial charge in [0.05, 0.1) is 0 Å². The molecule has 1 fully saturated rings. The molecule has 2 aromatic rings. The first kappa shape index (κ1) is 31.8. The number of carboxylic acid groups (broad SMARTS) is 1. The van der Waals surface area contributed by atoms with Crippen LogP contribution in [0.1, 0.15) is 86.2 Å². The molecule has 7 heteroatoms. The Morgan fingerprint density at radius 2 is 1.80 bits per heavy atom. The highest BCUT2D eigenvalue weighted by molar-refractivity contribution is 6.02. The molecule has 0 aliphatic heterocycles. The zero-order chi connectivity index (χ0) is 28.9. The van der Waals surface area contributed by atoms with Gasteiger partial charge in [-0.15, -0.1) is 0 Å². The van der Waals surface area contributed by atoms with E-state index in [1.54, 1.807) is 7.05 Å². The molecule has 1 amide bonds. The third kappa shape index (κ3) is 9.43. The molecule has 0 bridgehead atoms. The number of carbonyl (C=O) groups excluding carboxylic acids is 1. The maximum atomic E-state index is 13.5. The Balaban J connectivity index is 1.89. The van der Waals surface area contributed by atoms with Gasteiger partial charge in [0.25, 0.3) is 5.91 Å². The molecule has 0 aromatic heterocycles. The fourth-order valence-corrected chi connectivity index (χ4v) is 5.68. The fraction of sp³-hybridized carbons (Fsp3) is 0.576. The summed E-state index contributed by atoms with van der Waals surface area (Å²) in [6.45, 7) is 7.60. The third-order valence-corrected chi connectivity index (χ3v) is 8.25. The van der Waals surface area contributed by atoms with Crippen LogP contribution in [0, 0.1) is 12.8 Å². The number of hydrogen-bond donors (Lipinski definition) is 3. The Hall–Kier alpha value is -2.74. The van der Waals surface area contributed by atoms with Crippen molar-refractivity contribution < 1.29 is 14.7 Å². The van der Waals surface area contributed by atoms with Crippen LogP contribution in [-0.4, -0.2) is 66.8 Å². The van der Waals surface area contributed by atoms with Crippen LogP contribution in [0.25, 0.3) is 11.1 Å². The number of amides is 1. The van der Waals surface area contributed by atoms with Gasteiger partial charge >= 0.3 is 5.97 Å². The van der Waals surface area contributed by atoms with Crippen molar-refractivity contribution >= 4 is 11.9 Å². The lowest BCUT2D eigenvalue weighted by Crippen LogP contribution is -2.42. The van der Waals surface area contributed by atoms with Gasteiger partial charge in [0.15, 0.2) is 0 Å². The standard InChI is InChI=1S/C33H50N4O3/c1-5-6-21-36(4)37(22-19-26-13-8-7-9-14-26)24-27-16-17-29(30(23-27)28-15-11-10-12-25(28)2)32(38)35-31(33(39)40)18-20-34-3/h10-12,15-17,23,26,31,34H,5-9,13-14,18-22,24H2,1-4H3,(H,35,38)(H,39,40). The summed E-state index contributed by atoms with van der Waals surface area (Å²) in [7, 11) is 3.96. The summed E-state index contributed by atoms with van der Waals surface area (Å²) in [4.78, 5) is 25.3. The van der Waals surface area contributed by atoms with Gasteiger partial charge in [-0.2, -0.15) is 0 Å². The molecule has 1 unspecified atom stereocenters. The SMILES string of the molecule is CCCCN(C)N(CCC1CCCCC1)Cc1ccc(C(=O)NC(CCNC)C(=O)O)c(-c2ccccc2C)c1. The Labute approximate surface area is 241 Å². The highest BCUT2D eigenvalue weighted by atomic mass is 16.4. The van der Waals surface area contributed by atoms with E-state index < -0.39 is 12.0 Å². The van der Waals surface area contributed by atoms with Gasteiger partial charge in [-0.1, -0.05) is 75.8 Å². The van der Waals surface area contributed by atoms with Crippen molar-refractivity contribution in [3.8, 4) is 11.1 Å². The monoisotopic (exact) mass is 550 g/mol. The van der Waals surface area contributed by atoms with Crippen LogP contribution in [0.2, 0.25) is 0 Å². The Morgan fingerprint density at radius 3 is 2.48 bits per heavy atom. The predicted molar refractivity (Wildman–Crippen MR) is 163 cm³/mol. The molecule has 3 rings (SSSR count). The third-order valence-electron chi connectivity index (χ3n) is 8.25. The normalized spacial score (nSPS) is 14.9. The van der Waals surface area contributed by atoms with Crippen LogP contribution in [0.3, 0.4) is 0 Å². The van der Waals surface area contributed by atoms with E-state index in [0.717, 1.165) is 60.6 Å². The van der Waals surface area contributed by atoms with E-state index >= 15 is 0 Å². The highest BCUT2D eigenvalue weighted by Crippen LogP contribution is 2.30. The Morgan fingerprint density at radius 1 is 1.05 bits per heavy atom. The summed E-state index contributed by atoms with van der Waals surface area (Å²) in [5.41, 5.74) is 4.56. The van der Waals surface area contributed by atoms with E-state index in [-0.39, 0.29) is 5.91 Å². The molecule has 0 radical (unpaired) electrons. The maximum absolute atomic E-state index is 13.5. The van der Waals surface area contributed by atoms with Crippen molar-refractivity contribution in [3.05, 3.63) is 59.2 Å². The van der Waals surface area contributed by atoms with Gasteiger partial charge in [0, 0.05) is 32.2 Å². The number of nitrogens with one attached hydrogen (secondary N) is 2. The zero-order valence-corrected chi connectivity index (χ0v) is 25.0. The van der Waals surface area contributed by atoms with Gasteiger partial charge < -0.3 is 15.7 Å². The minimum Gasteiger partial charge on any atom is -0.480 e. The summed E-state index contributed by atoms with van der Waals surface area (Å²) in [6.07, 6.45) is 10.6. The lowest BCUT2D eigenvalue weighted by atomic mass is 9.87. The van der Waals surface area contributed by atoms with Crippen molar-refractivity contribution in [3.63, 3.8) is 0 Å². The van der Waals surface area contributed by atoms with Gasteiger partial charge in [-0.25, -0.2) is 14.8 Å². The average molecular weight is 551 g/mol. The van der Waals surface area contributed by atoms with Crippen molar-refractivity contribution in [1.82, 2.24) is 20.7 Å². The quantitative estimate of drug-likeness (QED) is 0.227. The number of benzene rings is 2. The van der Waals surface area contributed by atoms with Crippen LogP contribution >= 0.6 is 0 Å². The van der Waals surface area contributed by atoms with Gasteiger partial charge in [-0.3, -0.25) is 4.79 Å². The number of carboxylic acids is 1. The number of unbranched alkanes of at least 4 members (excludes halogenated alkanes) is 1. The number of hydrazine groups is 1. The topological polar surface area (TPSA) is 84.9 Å². The minimum atomic E-state index is -1.03. The van der Waals surface area contributed by atoms with Crippen molar-refractivity contribution in [2.75, 3.05) is 33.7 Å². The Bertz CT molecular complexity index is 1080. The number of aliphatic carboxylic acids is 1.